The molecule has 0 saturated heterocycles. The molecule has 0 aliphatic rings. The Morgan fingerprint density at radius 3 is 2.25 bits per heavy atom. The first-order chi connectivity index (χ1) is 7.49. The van der Waals surface area contributed by atoms with Crippen molar-refractivity contribution in [3.05, 3.63) is 29.8 Å². The van der Waals surface area contributed by atoms with Crippen LogP contribution in [0.15, 0.2) is 24.3 Å². The van der Waals surface area contributed by atoms with Gasteiger partial charge in [-0.3, -0.25) is 0 Å². The highest BCUT2D eigenvalue weighted by Gasteiger charge is 2.07. The summed E-state index contributed by atoms with van der Waals surface area (Å²) >= 11 is 0. The molecule has 1 atom stereocenters. The summed E-state index contributed by atoms with van der Waals surface area (Å²) in [5.74, 6) is 0.397. The predicted molar refractivity (Wildman–Crippen MR) is 62.9 cm³/mol. The largest absolute Gasteiger partial charge is 0.491 e. The lowest BCUT2D eigenvalue weighted by atomic mass is 10.1. The number of carboxylic acid groups (broad SMARTS) is 1. The molecule has 16 heavy (non-hydrogen) atoms. The van der Waals surface area contributed by atoms with E-state index < -0.39 is 5.97 Å². The summed E-state index contributed by atoms with van der Waals surface area (Å²) in [4.78, 5) is 10.6. The van der Waals surface area contributed by atoms with Crippen molar-refractivity contribution in [1.82, 2.24) is 0 Å². The van der Waals surface area contributed by atoms with Crippen molar-refractivity contribution in [2.75, 3.05) is 0 Å². The van der Waals surface area contributed by atoms with E-state index in [9.17, 15) is 4.79 Å². The SMILES string of the molecule is CC(C)CC(C)Oc1ccc(C(=O)O)cc1. The van der Waals surface area contributed by atoms with Gasteiger partial charge in [0.2, 0.25) is 0 Å². The van der Waals surface area contributed by atoms with E-state index in [2.05, 4.69) is 13.8 Å². The van der Waals surface area contributed by atoms with Crippen LogP contribution in [0.1, 0.15) is 37.6 Å². The van der Waals surface area contributed by atoms with Gasteiger partial charge in [0.05, 0.1) is 11.7 Å². The number of benzene rings is 1. The van der Waals surface area contributed by atoms with Crippen molar-refractivity contribution in [3.63, 3.8) is 0 Å². The molecule has 0 radical (unpaired) electrons. The number of aromatic carboxylic acids is 1. The molecule has 1 aromatic rings. The van der Waals surface area contributed by atoms with Crippen molar-refractivity contribution in [3.8, 4) is 5.75 Å². The highest BCUT2D eigenvalue weighted by molar-refractivity contribution is 5.87. The highest BCUT2D eigenvalue weighted by Crippen LogP contribution is 2.16. The van der Waals surface area contributed by atoms with E-state index in [1.165, 1.54) is 0 Å². The molecular weight excluding hydrogens is 204 g/mol. The molecule has 1 rings (SSSR count). The van der Waals surface area contributed by atoms with Crippen LogP contribution in [0.25, 0.3) is 0 Å². The average Bonchev–Trinajstić information content (AvgIpc) is 2.16. The number of ether oxygens (including phenoxy) is 1. The third-order valence-electron chi connectivity index (χ3n) is 2.24. The molecule has 1 unspecified atom stereocenters. The Morgan fingerprint density at radius 1 is 1.25 bits per heavy atom. The lowest BCUT2D eigenvalue weighted by Gasteiger charge is -2.16. The molecule has 0 aromatic heterocycles. The zero-order chi connectivity index (χ0) is 12.1. The summed E-state index contributed by atoms with van der Waals surface area (Å²) in [6.45, 7) is 6.31. The zero-order valence-corrected chi connectivity index (χ0v) is 9.93. The number of carbonyl (C=O) groups is 1. The van der Waals surface area contributed by atoms with Crippen molar-refractivity contribution in [2.45, 2.75) is 33.3 Å². The Kier molecular flexibility index (Phi) is 4.35. The first-order valence-corrected chi connectivity index (χ1v) is 5.49. The molecule has 0 heterocycles. The summed E-state index contributed by atoms with van der Waals surface area (Å²) in [6.07, 6.45) is 1.14. The number of hydrogen-bond acceptors (Lipinski definition) is 2. The molecule has 0 aliphatic carbocycles. The highest BCUT2D eigenvalue weighted by atomic mass is 16.5. The minimum absolute atomic E-state index is 0.149. The van der Waals surface area contributed by atoms with Crippen LogP contribution in [0.4, 0.5) is 0 Å². The Labute approximate surface area is 96.1 Å². The third-order valence-corrected chi connectivity index (χ3v) is 2.24. The quantitative estimate of drug-likeness (QED) is 0.832. The van der Waals surface area contributed by atoms with E-state index in [-0.39, 0.29) is 11.7 Å². The normalized spacial score (nSPS) is 12.5. The van der Waals surface area contributed by atoms with Gasteiger partial charge in [0.1, 0.15) is 5.75 Å². The van der Waals surface area contributed by atoms with E-state index in [4.69, 9.17) is 9.84 Å². The van der Waals surface area contributed by atoms with Gasteiger partial charge in [-0.05, 0) is 43.5 Å². The van der Waals surface area contributed by atoms with Gasteiger partial charge >= 0.3 is 5.97 Å². The summed E-state index contributed by atoms with van der Waals surface area (Å²) < 4.78 is 5.67. The van der Waals surface area contributed by atoms with Crippen LogP contribution in [0, 0.1) is 5.92 Å². The molecule has 3 nitrogen and oxygen atoms in total. The first-order valence-electron chi connectivity index (χ1n) is 5.49. The third kappa shape index (κ3) is 3.93. The van der Waals surface area contributed by atoms with Crippen LogP contribution in [-0.4, -0.2) is 17.2 Å². The number of rotatable bonds is 5. The molecule has 88 valence electrons. The molecular formula is C13H18O3. The molecule has 0 bridgehead atoms. The maximum Gasteiger partial charge on any atom is 0.335 e. The second kappa shape index (κ2) is 5.54. The van der Waals surface area contributed by atoms with Gasteiger partial charge in [0.25, 0.3) is 0 Å². The molecule has 0 fully saturated rings. The monoisotopic (exact) mass is 222 g/mol. The van der Waals surface area contributed by atoms with Gasteiger partial charge < -0.3 is 9.84 Å². The van der Waals surface area contributed by atoms with Gasteiger partial charge in [-0.2, -0.15) is 0 Å². The van der Waals surface area contributed by atoms with Crippen LogP contribution in [0.2, 0.25) is 0 Å². The van der Waals surface area contributed by atoms with Gasteiger partial charge in [-0.15, -0.1) is 0 Å². The first kappa shape index (κ1) is 12.6. The minimum Gasteiger partial charge on any atom is -0.491 e. The lowest BCUT2D eigenvalue weighted by molar-refractivity contribution is 0.0697. The van der Waals surface area contributed by atoms with Gasteiger partial charge in [-0.25, -0.2) is 4.79 Å². The summed E-state index contributed by atoms with van der Waals surface area (Å²) in [7, 11) is 0. The Hall–Kier alpha value is -1.51. The van der Waals surface area contributed by atoms with Crippen LogP contribution in [0.5, 0.6) is 5.75 Å². The van der Waals surface area contributed by atoms with Crippen molar-refractivity contribution in [2.24, 2.45) is 5.92 Å². The van der Waals surface area contributed by atoms with Gasteiger partial charge in [0, 0.05) is 0 Å². The molecule has 1 aromatic carbocycles. The predicted octanol–water partition coefficient (Wildman–Crippen LogP) is 3.20. The van der Waals surface area contributed by atoms with Crippen molar-refractivity contribution in [1.29, 1.82) is 0 Å². The van der Waals surface area contributed by atoms with Crippen LogP contribution in [-0.2, 0) is 0 Å². The molecule has 0 aliphatic heterocycles. The number of hydrogen-bond donors (Lipinski definition) is 1. The maximum absolute atomic E-state index is 10.6. The minimum atomic E-state index is -0.915. The summed E-state index contributed by atoms with van der Waals surface area (Å²) in [6, 6.07) is 6.50. The second-order valence-electron chi connectivity index (χ2n) is 4.39. The summed E-state index contributed by atoms with van der Waals surface area (Å²) in [5.41, 5.74) is 0.281. The second-order valence-corrected chi connectivity index (χ2v) is 4.39. The fourth-order valence-electron chi connectivity index (χ4n) is 1.62. The molecule has 0 spiro atoms. The smallest absolute Gasteiger partial charge is 0.335 e. The van der Waals surface area contributed by atoms with Crippen LogP contribution < -0.4 is 4.74 Å². The molecule has 0 amide bonds. The molecule has 3 heteroatoms. The standard InChI is InChI=1S/C13H18O3/c1-9(2)8-10(3)16-12-6-4-11(5-7-12)13(14)15/h4-7,9-10H,8H2,1-3H3,(H,14,15). The van der Waals surface area contributed by atoms with E-state index in [1.54, 1.807) is 24.3 Å². The Balaban J connectivity index is 2.58. The summed E-state index contributed by atoms with van der Waals surface area (Å²) in [5, 5.41) is 8.74. The average molecular weight is 222 g/mol. The van der Waals surface area contributed by atoms with E-state index in [0.29, 0.717) is 5.92 Å². The van der Waals surface area contributed by atoms with Crippen molar-refractivity contribution < 1.29 is 14.6 Å². The maximum atomic E-state index is 10.6. The van der Waals surface area contributed by atoms with Gasteiger partial charge in [0.15, 0.2) is 0 Å². The van der Waals surface area contributed by atoms with Crippen molar-refractivity contribution >= 4 is 5.97 Å². The Bertz CT molecular complexity index is 341. The fraction of sp³-hybridized carbons (Fsp3) is 0.462. The van der Waals surface area contributed by atoms with E-state index in [1.807, 2.05) is 6.92 Å². The molecule has 0 saturated carbocycles. The lowest BCUT2D eigenvalue weighted by Crippen LogP contribution is -2.14. The topological polar surface area (TPSA) is 46.5 Å². The van der Waals surface area contributed by atoms with E-state index in [0.717, 1.165) is 12.2 Å². The Morgan fingerprint density at radius 2 is 1.81 bits per heavy atom. The fourth-order valence-corrected chi connectivity index (χ4v) is 1.62. The molecule has 1 N–H and O–H groups in total. The van der Waals surface area contributed by atoms with Crippen LogP contribution >= 0.6 is 0 Å². The van der Waals surface area contributed by atoms with E-state index >= 15 is 0 Å². The number of carboxylic acids is 1. The van der Waals surface area contributed by atoms with Crippen LogP contribution in [0.3, 0.4) is 0 Å². The van der Waals surface area contributed by atoms with Gasteiger partial charge in [-0.1, -0.05) is 13.8 Å². The zero-order valence-electron chi connectivity index (χ0n) is 9.93.